The Morgan fingerprint density at radius 2 is 1.02 bits per heavy atom. The number of allylic oxidation sites excluding steroid dienone is 14. The van der Waals surface area contributed by atoms with Gasteiger partial charge < -0.3 is 32.0 Å². The number of nitrogens with two attached hydrogens (primary N) is 3. The molecule has 0 bridgehead atoms. The molecule has 9 heteroatoms. The third-order valence-corrected chi connectivity index (χ3v) is 7.75. The van der Waals surface area contributed by atoms with Crippen molar-refractivity contribution in [3.63, 3.8) is 0 Å². The minimum Gasteiger partial charge on any atom is -0.461 e. The molecule has 0 saturated heterocycles. The molecule has 0 radical (unpaired) electrons. The quantitative estimate of drug-likeness (QED) is 0.0926. The van der Waals surface area contributed by atoms with Crippen molar-refractivity contribution in [1.29, 1.82) is 0 Å². The first kappa shape index (κ1) is 43.5. The minimum absolute atomic E-state index is 0.111. The Hall–Kier alpha value is -4.53. The van der Waals surface area contributed by atoms with Gasteiger partial charge in [0.1, 0.15) is 13.2 Å². The van der Waals surface area contributed by atoms with E-state index in [4.69, 9.17) is 26.7 Å². The molecule has 0 saturated carbocycles. The number of hydrogen-bond donors (Lipinski definition) is 4. The molecule has 0 aromatic heterocycles. The Balaban J connectivity index is 2.71. The summed E-state index contributed by atoms with van der Waals surface area (Å²) in [6.45, 7) is 5.66. The van der Waals surface area contributed by atoms with Gasteiger partial charge >= 0.3 is 11.9 Å². The summed E-state index contributed by atoms with van der Waals surface area (Å²) < 4.78 is 10.7. The van der Waals surface area contributed by atoms with Gasteiger partial charge in [-0.1, -0.05) is 104 Å². The number of guanidine groups is 1. The average molecular weight is 690 g/mol. The van der Waals surface area contributed by atoms with Crippen LogP contribution in [0, 0.1) is 11.8 Å². The molecule has 0 atom stereocenters. The van der Waals surface area contributed by atoms with Crippen LogP contribution < -0.4 is 22.5 Å². The van der Waals surface area contributed by atoms with Gasteiger partial charge in [-0.15, -0.1) is 0 Å². The van der Waals surface area contributed by atoms with Gasteiger partial charge in [0.15, 0.2) is 5.96 Å². The fourth-order valence-corrected chi connectivity index (χ4v) is 4.92. The highest BCUT2D eigenvalue weighted by molar-refractivity contribution is 5.75. The van der Waals surface area contributed by atoms with Crippen LogP contribution in [-0.2, 0) is 19.1 Å². The van der Waals surface area contributed by atoms with E-state index in [0.29, 0.717) is 49.9 Å². The molecular weight excluding hydrogens is 626 g/mol. The molecule has 7 N–H and O–H groups in total. The SMILES string of the molecule is C=C(N)NCCC1C/C=C/C/C=C/CCC(=O)OC/C=C/C/C=C/CC(CCN=C(N)N)C/C=C/C/C=C/COC(=O)CC/C=C/C/C=C/C1. The topological polar surface area (TPSA) is 155 Å². The first-order valence-electron chi connectivity index (χ1n) is 18.1. The zero-order valence-electron chi connectivity index (χ0n) is 30.1. The maximum atomic E-state index is 12.1. The second kappa shape index (κ2) is 31.7. The molecule has 0 aromatic carbocycles. The Morgan fingerprint density at radius 3 is 1.44 bits per heavy atom. The largest absolute Gasteiger partial charge is 0.461 e. The summed E-state index contributed by atoms with van der Waals surface area (Å²) in [7, 11) is 0. The highest BCUT2D eigenvalue weighted by atomic mass is 16.5. The summed E-state index contributed by atoms with van der Waals surface area (Å²) in [6.07, 6.45) is 44.3. The molecule has 0 aromatic rings. The van der Waals surface area contributed by atoms with Crippen LogP contribution in [0.2, 0.25) is 0 Å². The fourth-order valence-electron chi connectivity index (χ4n) is 4.92. The van der Waals surface area contributed by atoms with E-state index in [0.717, 1.165) is 70.8 Å². The van der Waals surface area contributed by atoms with E-state index in [9.17, 15) is 9.59 Å². The van der Waals surface area contributed by atoms with E-state index >= 15 is 0 Å². The van der Waals surface area contributed by atoms with E-state index in [1.54, 1.807) is 0 Å². The lowest BCUT2D eigenvalue weighted by Gasteiger charge is -2.14. The highest BCUT2D eigenvalue weighted by Crippen LogP contribution is 2.17. The molecule has 0 fully saturated rings. The van der Waals surface area contributed by atoms with Gasteiger partial charge in [-0.25, -0.2) is 0 Å². The van der Waals surface area contributed by atoms with Crippen molar-refractivity contribution in [3.8, 4) is 0 Å². The van der Waals surface area contributed by atoms with Crippen LogP contribution in [0.1, 0.15) is 89.9 Å². The smallest absolute Gasteiger partial charge is 0.306 e. The monoisotopic (exact) mass is 689 g/mol. The van der Waals surface area contributed by atoms with Crippen LogP contribution in [-0.4, -0.2) is 44.2 Å². The number of aliphatic imine (C=N–C) groups is 1. The van der Waals surface area contributed by atoms with Gasteiger partial charge in [0.05, 0.1) is 5.82 Å². The van der Waals surface area contributed by atoms with E-state index in [2.05, 4.69) is 77.6 Å². The summed E-state index contributed by atoms with van der Waals surface area (Å²) in [6, 6.07) is 0. The normalized spacial score (nSPS) is 25.6. The van der Waals surface area contributed by atoms with Crippen molar-refractivity contribution >= 4 is 17.9 Å². The third kappa shape index (κ3) is 29.6. The zero-order chi connectivity index (χ0) is 36.3. The summed E-state index contributed by atoms with van der Waals surface area (Å²) in [5.41, 5.74) is 16.7. The van der Waals surface area contributed by atoms with Crippen LogP contribution >= 0.6 is 0 Å². The van der Waals surface area contributed by atoms with Crippen molar-refractivity contribution in [2.75, 3.05) is 26.3 Å². The second-order valence-corrected chi connectivity index (χ2v) is 12.2. The van der Waals surface area contributed by atoms with Crippen molar-refractivity contribution < 1.29 is 19.1 Å². The minimum atomic E-state index is -0.190. The lowest BCUT2D eigenvalue weighted by atomic mass is 9.96. The second-order valence-electron chi connectivity index (χ2n) is 12.2. The number of nitrogens with one attached hydrogen (secondary N) is 1. The fraction of sp³-hybridized carbons (Fsp3) is 0.488. The lowest BCUT2D eigenvalue weighted by molar-refractivity contribution is -0.143. The number of carbonyl (C=O) groups excluding carboxylic acids is 2. The predicted molar refractivity (Wildman–Crippen MR) is 209 cm³/mol. The van der Waals surface area contributed by atoms with Crippen molar-refractivity contribution in [2.45, 2.75) is 89.9 Å². The van der Waals surface area contributed by atoms with Gasteiger partial charge in [0.25, 0.3) is 0 Å². The van der Waals surface area contributed by atoms with Crippen molar-refractivity contribution in [3.05, 3.63) is 110 Å². The van der Waals surface area contributed by atoms with Crippen LogP contribution in [0.25, 0.3) is 0 Å². The van der Waals surface area contributed by atoms with E-state index in [1.807, 2.05) is 36.5 Å². The van der Waals surface area contributed by atoms with Gasteiger partial charge in [0, 0.05) is 25.9 Å². The molecule has 0 unspecified atom stereocenters. The Labute approximate surface area is 301 Å². The molecule has 1 rings (SSSR count). The summed E-state index contributed by atoms with van der Waals surface area (Å²) >= 11 is 0. The highest BCUT2D eigenvalue weighted by Gasteiger charge is 2.06. The van der Waals surface area contributed by atoms with Gasteiger partial charge in [-0.2, -0.15) is 0 Å². The van der Waals surface area contributed by atoms with Crippen LogP contribution in [0.3, 0.4) is 0 Å². The van der Waals surface area contributed by atoms with Gasteiger partial charge in [-0.05, 0) is 88.9 Å². The molecule has 50 heavy (non-hydrogen) atoms. The standard InChI is InChI=1S/C41H63N5O4/c1-36(42)45-32-30-37-24-16-8-2-4-12-20-28-39(47)49-34-22-14-6-10-18-26-38(31-33-46-41(43)44)27-19-11-7-15-23-35-50-40(48)29-21-13-5-3-9-17-25-37/h4-5,8-19,22-23,37-38,45H,1-3,6-7,20-21,24-35,42H2,(H4,43,44,46)/b12-4+,13-5+,16-8+,17-9+,18-10+,19-11+,22-14+,23-15+. The van der Waals surface area contributed by atoms with Crippen LogP contribution in [0.5, 0.6) is 0 Å². The molecule has 276 valence electrons. The number of hydrogen-bond acceptors (Lipinski definition) is 7. The molecule has 1 heterocycles. The van der Waals surface area contributed by atoms with E-state index in [-0.39, 0.29) is 31.1 Å². The first-order valence-corrected chi connectivity index (χ1v) is 18.1. The maximum Gasteiger partial charge on any atom is 0.306 e. The first-order chi connectivity index (χ1) is 24.4. The molecule has 1 aliphatic rings. The van der Waals surface area contributed by atoms with E-state index in [1.165, 1.54) is 0 Å². The average Bonchev–Trinajstić information content (AvgIpc) is 3.07. The molecule has 0 spiro atoms. The molecule has 0 aliphatic carbocycles. The third-order valence-electron chi connectivity index (χ3n) is 7.75. The number of ether oxygens (including phenoxy) is 2. The van der Waals surface area contributed by atoms with Crippen LogP contribution in [0.4, 0.5) is 0 Å². The number of rotatable bonds is 7. The van der Waals surface area contributed by atoms with Gasteiger partial charge in [0.2, 0.25) is 0 Å². The number of carbonyl (C=O) groups is 2. The van der Waals surface area contributed by atoms with Crippen molar-refractivity contribution in [1.82, 2.24) is 5.32 Å². The maximum absolute atomic E-state index is 12.1. The zero-order valence-corrected chi connectivity index (χ0v) is 30.1. The van der Waals surface area contributed by atoms with Gasteiger partial charge in [-0.3, -0.25) is 14.6 Å². The number of nitrogens with zero attached hydrogens (tertiary/aromatic N) is 1. The Kier molecular flexibility index (Phi) is 27.6. The molecule has 9 nitrogen and oxygen atoms in total. The Bertz CT molecular complexity index is 1130. The predicted octanol–water partition coefficient (Wildman–Crippen LogP) is 7.52. The summed E-state index contributed by atoms with van der Waals surface area (Å²) in [5, 5.41) is 3.12. The Morgan fingerprint density at radius 1 is 0.620 bits per heavy atom. The lowest BCUT2D eigenvalue weighted by Crippen LogP contribution is -2.23. The summed E-state index contributed by atoms with van der Waals surface area (Å²) in [5.74, 6) is 1.12. The van der Waals surface area contributed by atoms with Crippen LogP contribution in [0.15, 0.2) is 115 Å². The van der Waals surface area contributed by atoms with Crippen molar-refractivity contribution in [2.24, 2.45) is 34.0 Å². The number of esters is 2. The summed E-state index contributed by atoms with van der Waals surface area (Å²) in [4.78, 5) is 28.3. The molecule has 1 aliphatic heterocycles. The molecular formula is C41H63N5O4. The number of cyclic esters (lactones) is 2. The van der Waals surface area contributed by atoms with E-state index < -0.39 is 0 Å². The molecule has 0 amide bonds.